The highest BCUT2D eigenvalue weighted by Crippen LogP contribution is 2.25. The van der Waals surface area contributed by atoms with Gasteiger partial charge in [0.05, 0.1) is 16.8 Å². The Morgan fingerprint density at radius 1 is 1.00 bits per heavy atom. The highest BCUT2D eigenvalue weighted by Gasteiger charge is 2.13. The third-order valence-electron chi connectivity index (χ3n) is 3.89. The molecule has 0 aliphatic heterocycles. The summed E-state index contributed by atoms with van der Waals surface area (Å²) in [5.74, 6) is -0.331. The predicted octanol–water partition coefficient (Wildman–Crippen LogP) is 3.42. The number of carbonyl (C=O) groups excluding carboxylic acids is 2. The zero-order valence-corrected chi connectivity index (χ0v) is 15.0. The average molecular weight is 368 g/mol. The minimum Gasteiger partial charge on any atom is -0.355 e. The summed E-state index contributed by atoms with van der Waals surface area (Å²) in [5.41, 5.74) is 2.87. The van der Waals surface area contributed by atoms with Crippen molar-refractivity contribution in [1.82, 2.24) is 15.6 Å². The first-order valence-corrected chi connectivity index (χ1v) is 8.61. The fourth-order valence-corrected chi connectivity index (χ4v) is 2.77. The Morgan fingerprint density at radius 3 is 2.42 bits per heavy atom. The van der Waals surface area contributed by atoms with Crippen molar-refractivity contribution in [3.63, 3.8) is 0 Å². The molecule has 2 N–H and O–H groups in total. The number of hydrogen-bond donors (Lipinski definition) is 2. The molecule has 1 aromatic heterocycles. The summed E-state index contributed by atoms with van der Waals surface area (Å²) in [6.45, 7) is 2.18. The molecule has 2 aromatic carbocycles. The quantitative estimate of drug-likeness (QED) is 0.679. The molecule has 0 radical (unpaired) electrons. The molecular weight excluding hydrogens is 350 g/mol. The first kappa shape index (κ1) is 17.9. The van der Waals surface area contributed by atoms with Crippen molar-refractivity contribution in [2.24, 2.45) is 0 Å². The van der Waals surface area contributed by atoms with Crippen LogP contribution in [-0.4, -0.2) is 29.9 Å². The Bertz CT molecular complexity index is 955. The standard InChI is InChI=1S/C20H18ClN3O2/c1-13(25)22-10-11-23-20(26)17-12-19(14-6-8-15(21)9-7-14)24-18-5-3-2-4-16(17)18/h2-9,12H,10-11H2,1H3,(H,22,25)(H,23,26). The largest absolute Gasteiger partial charge is 0.355 e. The second-order valence-electron chi connectivity index (χ2n) is 5.82. The zero-order valence-electron chi connectivity index (χ0n) is 14.3. The van der Waals surface area contributed by atoms with Gasteiger partial charge in [-0.2, -0.15) is 0 Å². The number of aromatic nitrogens is 1. The Labute approximate surface area is 156 Å². The van der Waals surface area contributed by atoms with Crippen LogP contribution in [0.3, 0.4) is 0 Å². The minimum absolute atomic E-state index is 0.126. The van der Waals surface area contributed by atoms with Gasteiger partial charge in [0.2, 0.25) is 5.91 Å². The molecule has 0 unspecified atom stereocenters. The highest BCUT2D eigenvalue weighted by molar-refractivity contribution is 6.30. The number of nitrogens with one attached hydrogen (secondary N) is 2. The third kappa shape index (κ3) is 4.18. The van der Waals surface area contributed by atoms with E-state index in [2.05, 4.69) is 15.6 Å². The van der Waals surface area contributed by atoms with Crippen LogP contribution >= 0.6 is 11.6 Å². The van der Waals surface area contributed by atoms with Crippen molar-refractivity contribution < 1.29 is 9.59 Å². The molecule has 0 aliphatic carbocycles. The Morgan fingerprint density at radius 2 is 1.69 bits per heavy atom. The average Bonchev–Trinajstić information content (AvgIpc) is 2.64. The van der Waals surface area contributed by atoms with Crippen LogP contribution in [0.25, 0.3) is 22.2 Å². The molecule has 132 valence electrons. The fourth-order valence-electron chi connectivity index (χ4n) is 2.64. The number of carbonyl (C=O) groups is 2. The third-order valence-corrected chi connectivity index (χ3v) is 4.14. The van der Waals surface area contributed by atoms with E-state index in [0.717, 1.165) is 16.5 Å². The van der Waals surface area contributed by atoms with Gasteiger partial charge in [0.15, 0.2) is 0 Å². The number of fused-ring (bicyclic) bond motifs is 1. The van der Waals surface area contributed by atoms with Crippen LogP contribution in [0.1, 0.15) is 17.3 Å². The molecule has 3 rings (SSSR count). The van der Waals surface area contributed by atoms with E-state index in [1.54, 1.807) is 18.2 Å². The van der Waals surface area contributed by atoms with E-state index in [1.807, 2.05) is 36.4 Å². The van der Waals surface area contributed by atoms with Gasteiger partial charge in [-0.1, -0.05) is 41.9 Å². The number of pyridine rings is 1. The van der Waals surface area contributed by atoms with E-state index in [1.165, 1.54) is 6.92 Å². The molecular formula is C20H18ClN3O2. The van der Waals surface area contributed by atoms with Crippen LogP contribution in [-0.2, 0) is 4.79 Å². The van der Waals surface area contributed by atoms with Crippen LogP contribution in [0.2, 0.25) is 5.02 Å². The maximum atomic E-state index is 12.7. The monoisotopic (exact) mass is 367 g/mol. The molecule has 3 aromatic rings. The van der Waals surface area contributed by atoms with E-state index >= 15 is 0 Å². The van der Waals surface area contributed by atoms with Crippen molar-refractivity contribution in [3.05, 3.63) is 65.2 Å². The number of hydrogen-bond acceptors (Lipinski definition) is 3. The summed E-state index contributed by atoms with van der Waals surface area (Å²) >= 11 is 5.95. The summed E-state index contributed by atoms with van der Waals surface area (Å²) in [6, 6.07) is 16.6. The van der Waals surface area contributed by atoms with Crippen molar-refractivity contribution in [3.8, 4) is 11.3 Å². The Hall–Kier alpha value is -2.92. The van der Waals surface area contributed by atoms with E-state index in [4.69, 9.17) is 11.6 Å². The second-order valence-corrected chi connectivity index (χ2v) is 6.25. The van der Waals surface area contributed by atoms with Gasteiger partial charge >= 0.3 is 0 Å². The number of nitrogens with zero attached hydrogens (tertiary/aromatic N) is 1. The molecule has 0 aliphatic rings. The lowest BCUT2D eigenvalue weighted by molar-refractivity contribution is -0.118. The topological polar surface area (TPSA) is 71.1 Å². The van der Waals surface area contributed by atoms with E-state index < -0.39 is 0 Å². The second kappa shape index (κ2) is 7.97. The summed E-state index contributed by atoms with van der Waals surface area (Å²) in [7, 11) is 0. The first-order valence-electron chi connectivity index (χ1n) is 8.23. The normalized spacial score (nSPS) is 10.5. The molecule has 0 saturated heterocycles. The fraction of sp³-hybridized carbons (Fsp3) is 0.150. The van der Waals surface area contributed by atoms with Gasteiger partial charge in [-0.25, -0.2) is 4.98 Å². The summed E-state index contributed by atoms with van der Waals surface area (Å²) < 4.78 is 0. The van der Waals surface area contributed by atoms with Gasteiger partial charge in [0.1, 0.15) is 0 Å². The molecule has 26 heavy (non-hydrogen) atoms. The van der Waals surface area contributed by atoms with Gasteiger partial charge < -0.3 is 10.6 Å². The van der Waals surface area contributed by atoms with Crippen molar-refractivity contribution in [2.75, 3.05) is 13.1 Å². The molecule has 0 spiro atoms. The Kier molecular flexibility index (Phi) is 5.49. The lowest BCUT2D eigenvalue weighted by Crippen LogP contribution is -2.33. The van der Waals surface area contributed by atoms with Crippen molar-refractivity contribution >= 4 is 34.3 Å². The predicted molar refractivity (Wildman–Crippen MR) is 103 cm³/mol. The molecule has 2 amide bonds. The number of benzene rings is 2. The van der Waals surface area contributed by atoms with Crippen LogP contribution in [0.4, 0.5) is 0 Å². The van der Waals surface area contributed by atoms with Crippen LogP contribution in [0, 0.1) is 0 Å². The molecule has 0 atom stereocenters. The van der Waals surface area contributed by atoms with Crippen molar-refractivity contribution in [1.29, 1.82) is 0 Å². The van der Waals surface area contributed by atoms with E-state index in [9.17, 15) is 9.59 Å². The molecule has 5 nitrogen and oxygen atoms in total. The summed E-state index contributed by atoms with van der Waals surface area (Å²) in [4.78, 5) is 28.2. The summed E-state index contributed by atoms with van der Waals surface area (Å²) in [5, 5.41) is 6.91. The van der Waals surface area contributed by atoms with Gasteiger partial charge in [0.25, 0.3) is 5.91 Å². The number of halogens is 1. The van der Waals surface area contributed by atoms with Gasteiger partial charge in [-0.05, 0) is 24.3 Å². The van der Waals surface area contributed by atoms with Crippen molar-refractivity contribution in [2.45, 2.75) is 6.92 Å². The lowest BCUT2D eigenvalue weighted by atomic mass is 10.0. The first-order chi connectivity index (χ1) is 12.5. The molecule has 0 saturated carbocycles. The minimum atomic E-state index is -0.204. The van der Waals surface area contributed by atoms with Crippen LogP contribution < -0.4 is 10.6 Å². The zero-order chi connectivity index (χ0) is 18.5. The lowest BCUT2D eigenvalue weighted by Gasteiger charge is -2.11. The molecule has 0 bridgehead atoms. The van der Waals surface area contributed by atoms with Gasteiger partial charge in [-0.3, -0.25) is 9.59 Å². The molecule has 1 heterocycles. The van der Waals surface area contributed by atoms with E-state index in [0.29, 0.717) is 29.4 Å². The number of para-hydroxylation sites is 1. The van der Waals surface area contributed by atoms with Gasteiger partial charge in [-0.15, -0.1) is 0 Å². The maximum Gasteiger partial charge on any atom is 0.252 e. The number of rotatable bonds is 5. The smallest absolute Gasteiger partial charge is 0.252 e. The SMILES string of the molecule is CC(=O)NCCNC(=O)c1cc(-c2ccc(Cl)cc2)nc2ccccc12. The van der Waals surface area contributed by atoms with E-state index in [-0.39, 0.29) is 11.8 Å². The molecule has 6 heteroatoms. The highest BCUT2D eigenvalue weighted by atomic mass is 35.5. The number of amides is 2. The summed E-state index contributed by atoms with van der Waals surface area (Å²) in [6.07, 6.45) is 0. The van der Waals surface area contributed by atoms with Crippen LogP contribution in [0.15, 0.2) is 54.6 Å². The Balaban J connectivity index is 1.93. The maximum absolute atomic E-state index is 12.7. The van der Waals surface area contributed by atoms with Crippen LogP contribution in [0.5, 0.6) is 0 Å². The molecule has 0 fully saturated rings. The van der Waals surface area contributed by atoms with Gasteiger partial charge in [0, 0.05) is 36.0 Å².